The lowest BCUT2D eigenvalue weighted by Gasteiger charge is -2.47. The summed E-state index contributed by atoms with van der Waals surface area (Å²) in [6, 6.07) is 0. The van der Waals surface area contributed by atoms with Crippen molar-refractivity contribution in [3.8, 4) is 0 Å². The quantitative estimate of drug-likeness (QED) is 0.371. The van der Waals surface area contributed by atoms with Crippen LogP contribution in [-0.2, 0) is 0 Å². The van der Waals surface area contributed by atoms with Gasteiger partial charge in [-0.15, -0.1) is 0 Å². The summed E-state index contributed by atoms with van der Waals surface area (Å²) in [4.78, 5) is 0. The van der Waals surface area contributed by atoms with Crippen LogP contribution in [0.3, 0.4) is 0 Å². The van der Waals surface area contributed by atoms with Gasteiger partial charge < -0.3 is 10.2 Å². The zero-order chi connectivity index (χ0) is 24.8. The molecule has 0 amide bonds. The fourth-order valence-electron chi connectivity index (χ4n) is 9.75. The van der Waals surface area contributed by atoms with Crippen LogP contribution in [0.5, 0.6) is 0 Å². The number of hydrogen-bond acceptors (Lipinski definition) is 2. The number of fused-ring (bicyclic) bond motifs is 6. The van der Waals surface area contributed by atoms with Gasteiger partial charge in [0.25, 0.3) is 0 Å². The van der Waals surface area contributed by atoms with Crippen LogP contribution in [0.4, 0.5) is 0 Å². The van der Waals surface area contributed by atoms with Crippen molar-refractivity contribution in [1.29, 1.82) is 0 Å². The highest BCUT2D eigenvalue weighted by Crippen LogP contribution is 2.57. The van der Waals surface area contributed by atoms with Crippen molar-refractivity contribution in [3.05, 3.63) is 11.6 Å². The predicted molar refractivity (Wildman–Crippen MR) is 146 cm³/mol. The highest BCUT2D eigenvalue weighted by atomic mass is 16.3. The predicted octanol–water partition coefficient (Wildman–Crippen LogP) is 8.45. The summed E-state index contributed by atoms with van der Waals surface area (Å²) in [6.07, 6.45) is 23.2. The maximum Gasteiger partial charge on any atom is 0.0682 e. The van der Waals surface area contributed by atoms with E-state index in [1.807, 2.05) is 0 Å². The Morgan fingerprint density at radius 3 is 2.37 bits per heavy atom. The lowest BCUT2D eigenvalue weighted by Crippen LogP contribution is -2.41. The Bertz CT molecular complexity index is 757. The molecule has 5 aliphatic rings. The van der Waals surface area contributed by atoms with Crippen molar-refractivity contribution < 1.29 is 10.2 Å². The standard InChI is InChI=1S/C33H56O2/c1-5-32(34)16-14-29-26(22-32)10-12-28-25-8-11-27(24(21-25)9-13-30(28)29)23(2)7-6-15-33(35)19-17-31(3,4)18-20-33/h10,23-25,27-30,34-35H,5-9,11-22H2,1-4H3/t23-,24-,25?,27-,28+,29+,30+,32+/m1/s1. The first kappa shape index (κ1) is 26.3. The zero-order valence-electron chi connectivity index (χ0n) is 23.5. The van der Waals surface area contributed by atoms with E-state index >= 15 is 0 Å². The molecule has 0 heterocycles. The van der Waals surface area contributed by atoms with E-state index in [1.54, 1.807) is 5.57 Å². The second-order valence-corrected chi connectivity index (χ2v) is 15.1. The summed E-state index contributed by atoms with van der Waals surface area (Å²) in [7, 11) is 0. The van der Waals surface area contributed by atoms with E-state index in [0.29, 0.717) is 5.41 Å². The molecule has 2 bridgehead atoms. The molecule has 35 heavy (non-hydrogen) atoms. The van der Waals surface area contributed by atoms with Crippen molar-refractivity contribution in [2.45, 2.75) is 148 Å². The van der Waals surface area contributed by atoms with Crippen LogP contribution in [0.15, 0.2) is 11.6 Å². The van der Waals surface area contributed by atoms with Crippen molar-refractivity contribution in [1.82, 2.24) is 0 Å². The largest absolute Gasteiger partial charge is 0.390 e. The van der Waals surface area contributed by atoms with Gasteiger partial charge in [-0.3, -0.25) is 0 Å². The minimum atomic E-state index is -0.419. The molecule has 200 valence electrons. The molecular formula is C33H56O2. The minimum absolute atomic E-state index is 0.375. The van der Waals surface area contributed by atoms with Crippen molar-refractivity contribution in [2.75, 3.05) is 0 Å². The molecule has 0 aromatic carbocycles. The van der Waals surface area contributed by atoms with Crippen LogP contribution >= 0.6 is 0 Å². The molecule has 2 N–H and O–H groups in total. The van der Waals surface area contributed by atoms with Crippen LogP contribution < -0.4 is 0 Å². The molecule has 8 atom stereocenters. The molecule has 1 unspecified atom stereocenters. The van der Waals surface area contributed by atoms with E-state index in [4.69, 9.17) is 0 Å². The van der Waals surface area contributed by atoms with Gasteiger partial charge in [0.15, 0.2) is 0 Å². The van der Waals surface area contributed by atoms with E-state index < -0.39 is 5.60 Å². The van der Waals surface area contributed by atoms with Crippen molar-refractivity contribution in [2.24, 2.45) is 46.8 Å². The topological polar surface area (TPSA) is 40.5 Å². The van der Waals surface area contributed by atoms with Gasteiger partial charge in [-0.05, 0) is 143 Å². The smallest absolute Gasteiger partial charge is 0.0682 e. The third-order valence-electron chi connectivity index (χ3n) is 12.4. The van der Waals surface area contributed by atoms with Crippen LogP contribution in [0, 0.1) is 46.8 Å². The number of rotatable bonds is 6. The highest BCUT2D eigenvalue weighted by molar-refractivity contribution is 5.20. The molecule has 5 rings (SSSR count). The molecule has 5 aliphatic carbocycles. The Labute approximate surface area is 216 Å². The molecule has 0 radical (unpaired) electrons. The van der Waals surface area contributed by atoms with Crippen LogP contribution in [0.1, 0.15) is 137 Å². The SMILES string of the molecule is CC[C@]1(O)CC[C@H]2C(=CC[C@H]3C4CC[C@H]([C@H](C)CCCC5(O)CCC(C)(C)CC5)[C@H](CC[C@H]23)C4)C1. The van der Waals surface area contributed by atoms with Crippen LogP contribution in [0.2, 0.25) is 0 Å². The summed E-state index contributed by atoms with van der Waals surface area (Å²) in [5.41, 5.74) is 1.27. The first-order valence-electron chi connectivity index (χ1n) is 15.7. The van der Waals surface area contributed by atoms with Crippen LogP contribution in [0.25, 0.3) is 0 Å². The molecule has 0 spiro atoms. The first-order chi connectivity index (χ1) is 16.6. The third-order valence-corrected chi connectivity index (χ3v) is 12.4. The minimum Gasteiger partial charge on any atom is -0.390 e. The maximum atomic E-state index is 11.1. The second-order valence-electron chi connectivity index (χ2n) is 15.1. The molecule has 2 heteroatoms. The van der Waals surface area contributed by atoms with Crippen molar-refractivity contribution >= 4 is 0 Å². The number of hydrogen-bond donors (Lipinski definition) is 2. The Hall–Kier alpha value is -0.340. The lowest BCUT2D eigenvalue weighted by atomic mass is 9.59. The third kappa shape index (κ3) is 5.59. The summed E-state index contributed by atoms with van der Waals surface area (Å²) in [6.45, 7) is 9.44. The molecular weight excluding hydrogens is 428 g/mol. The van der Waals surface area contributed by atoms with Gasteiger partial charge in [-0.2, -0.15) is 0 Å². The Kier molecular flexibility index (Phi) is 7.57. The van der Waals surface area contributed by atoms with Gasteiger partial charge in [0, 0.05) is 0 Å². The Morgan fingerprint density at radius 1 is 0.886 bits per heavy atom. The molecule has 0 aliphatic heterocycles. The van der Waals surface area contributed by atoms with E-state index in [-0.39, 0.29) is 5.60 Å². The Balaban J connectivity index is 1.15. The Morgan fingerprint density at radius 2 is 1.63 bits per heavy atom. The fourth-order valence-corrected chi connectivity index (χ4v) is 9.75. The molecule has 4 saturated carbocycles. The van der Waals surface area contributed by atoms with Crippen molar-refractivity contribution in [3.63, 3.8) is 0 Å². The summed E-state index contributed by atoms with van der Waals surface area (Å²) >= 11 is 0. The number of aliphatic hydroxyl groups is 2. The maximum absolute atomic E-state index is 11.1. The molecule has 2 nitrogen and oxygen atoms in total. The summed E-state index contributed by atoms with van der Waals surface area (Å²) in [5.74, 6) is 6.20. The normalized spacial score (nSPS) is 43.3. The fraction of sp³-hybridized carbons (Fsp3) is 0.939. The van der Waals surface area contributed by atoms with Gasteiger partial charge in [-0.25, -0.2) is 0 Å². The zero-order valence-corrected chi connectivity index (χ0v) is 23.5. The van der Waals surface area contributed by atoms with Crippen LogP contribution in [-0.4, -0.2) is 21.4 Å². The average Bonchev–Trinajstić information content (AvgIpc) is 2.97. The lowest BCUT2D eigenvalue weighted by molar-refractivity contribution is -0.0351. The average molecular weight is 485 g/mol. The van der Waals surface area contributed by atoms with Gasteiger partial charge in [0.2, 0.25) is 0 Å². The second kappa shape index (κ2) is 10.1. The molecule has 0 aromatic rings. The molecule has 0 aromatic heterocycles. The van der Waals surface area contributed by atoms with Gasteiger partial charge in [0.05, 0.1) is 11.2 Å². The van der Waals surface area contributed by atoms with Gasteiger partial charge in [0.1, 0.15) is 0 Å². The number of allylic oxidation sites excluding steroid dienone is 1. The molecule has 4 fully saturated rings. The van der Waals surface area contributed by atoms with E-state index in [9.17, 15) is 10.2 Å². The molecule has 0 saturated heterocycles. The highest BCUT2D eigenvalue weighted by Gasteiger charge is 2.48. The summed E-state index contributed by atoms with van der Waals surface area (Å²) in [5, 5.41) is 22.1. The van der Waals surface area contributed by atoms with Gasteiger partial charge >= 0.3 is 0 Å². The first-order valence-corrected chi connectivity index (χ1v) is 15.7. The summed E-state index contributed by atoms with van der Waals surface area (Å²) < 4.78 is 0. The monoisotopic (exact) mass is 484 g/mol. The van der Waals surface area contributed by atoms with E-state index in [1.165, 1.54) is 70.6 Å². The van der Waals surface area contributed by atoms with E-state index in [0.717, 1.165) is 80.0 Å². The van der Waals surface area contributed by atoms with E-state index in [2.05, 4.69) is 33.8 Å². The van der Waals surface area contributed by atoms with Gasteiger partial charge in [-0.1, -0.05) is 52.2 Å².